The van der Waals surface area contributed by atoms with Crippen molar-refractivity contribution < 1.29 is 17.9 Å². The van der Waals surface area contributed by atoms with Crippen LogP contribution in [0, 0.1) is 13.8 Å². The lowest BCUT2D eigenvalue weighted by molar-refractivity contribution is 0.0730. The van der Waals surface area contributed by atoms with E-state index >= 15 is 0 Å². The lowest BCUT2D eigenvalue weighted by atomic mass is 10.2. The van der Waals surface area contributed by atoms with E-state index in [-0.39, 0.29) is 10.8 Å². The van der Waals surface area contributed by atoms with Crippen LogP contribution in [0.3, 0.4) is 0 Å². The minimum absolute atomic E-state index is 0.194. The van der Waals surface area contributed by atoms with Gasteiger partial charge in [0.25, 0.3) is 5.91 Å². The number of nitrogens with one attached hydrogen (secondary N) is 1. The van der Waals surface area contributed by atoms with Crippen molar-refractivity contribution in [3.63, 3.8) is 0 Å². The van der Waals surface area contributed by atoms with Crippen molar-refractivity contribution in [1.82, 2.24) is 9.29 Å². The minimum Gasteiger partial charge on any atom is -0.379 e. The third kappa shape index (κ3) is 3.92. The second-order valence-electron chi connectivity index (χ2n) is 6.14. The SMILES string of the molecule is Cc1ccc(C(=O)Nc2ccc(C)c(S(=O)(=O)N3CCOCC3)c2)cn1. The number of carbonyl (C=O) groups excluding carboxylic acids is 1. The van der Waals surface area contributed by atoms with Crippen LogP contribution in [-0.4, -0.2) is 49.9 Å². The largest absolute Gasteiger partial charge is 0.379 e. The zero-order valence-corrected chi connectivity index (χ0v) is 15.5. The van der Waals surface area contributed by atoms with Gasteiger partial charge >= 0.3 is 0 Å². The molecule has 0 spiro atoms. The van der Waals surface area contributed by atoms with Crippen molar-refractivity contribution in [2.75, 3.05) is 31.6 Å². The van der Waals surface area contributed by atoms with Crippen molar-refractivity contribution in [3.8, 4) is 0 Å². The minimum atomic E-state index is -3.63. The van der Waals surface area contributed by atoms with Crippen LogP contribution >= 0.6 is 0 Å². The maximum absolute atomic E-state index is 12.9. The molecule has 1 N–H and O–H groups in total. The average Bonchev–Trinajstić information content (AvgIpc) is 2.64. The summed E-state index contributed by atoms with van der Waals surface area (Å²) in [7, 11) is -3.63. The van der Waals surface area contributed by atoms with Gasteiger partial charge in [0.05, 0.1) is 23.7 Å². The molecule has 1 aliphatic rings. The Kier molecular flexibility index (Phi) is 5.36. The molecule has 1 fully saturated rings. The number of pyridine rings is 1. The molecule has 1 aromatic carbocycles. The molecule has 3 rings (SSSR count). The Balaban J connectivity index is 1.85. The Morgan fingerprint density at radius 3 is 2.54 bits per heavy atom. The molecular formula is C18H21N3O4S. The van der Waals surface area contributed by atoms with E-state index in [2.05, 4.69) is 10.3 Å². The van der Waals surface area contributed by atoms with Crippen LogP contribution in [0.5, 0.6) is 0 Å². The summed E-state index contributed by atoms with van der Waals surface area (Å²) in [6.45, 7) is 5.00. The number of ether oxygens (including phenoxy) is 1. The first kappa shape index (κ1) is 18.5. The number of aromatic nitrogens is 1. The first-order chi connectivity index (χ1) is 12.4. The van der Waals surface area contributed by atoms with Crippen LogP contribution in [0.2, 0.25) is 0 Å². The van der Waals surface area contributed by atoms with Crippen LogP contribution in [0.4, 0.5) is 5.69 Å². The highest BCUT2D eigenvalue weighted by Gasteiger charge is 2.28. The summed E-state index contributed by atoms with van der Waals surface area (Å²) in [6, 6.07) is 8.30. The van der Waals surface area contributed by atoms with Gasteiger partial charge in [-0.25, -0.2) is 8.42 Å². The van der Waals surface area contributed by atoms with E-state index in [1.165, 1.54) is 16.6 Å². The summed E-state index contributed by atoms with van der Waals surface area (Å²) in [5.41, 5.74) is 2.28. The Hall–Kier alpha value is -2.29. The molecule has 138 valence electrons. The van der Waals surface area contributed by atoms with Crippen molar-refractivity contribution in [2.45, 2.75) is 18.7 Å². The molecule has 0 bridgehead atoms. The number of aryl methyl sites for hydroxylation is 2. The predicted molar refractivity (Wildman–Crippen MR) is 97.7 cm³/mol. The Bertz CT molecular complexity index is 905. The molecule has 26 heavy (non-hydrogen) atoms. The third-order valence-corrected chi connectivity index (χ3v) is 6.25. The fourth-order valence-electron chi connectivity index (χ4n) is 2.69. The van der Waals surface area contributed by atoms with Crippen molar-refractivity contribution in [2.24, 2.45) is 0 Å². The van der Waals surface area contributed by atoms with Gasteiger partial charge in [-0.15, -0.1) is 0 Å². The Morgan fingerprint density at radius 1 is 1.15 bits per heavy atom. The van der Waals surface area contributed by atoms with Crippen LogP contribution in [-0.2, 0) is 14.8 Å². The molecule has 1 aliphatic heterocycles. The van der Waals surface area contributed by atoms with Gasteiger partial charge in [-0.05, 0) is 43.7 Å². The Labute approximate surface area is 153 Å². The topological polar surface area (TPSA) is 88.6 Å². The van der Waals surface area contributed by atoms with Gasteiger partial charge in [-0.1, -0.05) is 6.07 Å². The lowest BCUT2D eigenvalue weighted by Crippen LogP contribution is -2.40. The number of nitrogens with zero attached hydrogens (tertiary/aromatic N) is 2. The number of sulfonamides is 1. The molecule has 2 heterocycles. The first-order valence-corrected chi connectivity index (χ1v) is 9.74. The third-order valence-electron chi connectivity index (χ3n) is 4.21. The average molecular weight is 375 g/mol. The fraction of sp³-hybridized carbons (Fsp3) is 0.333. The molecule has 0 radical (unpaired) electrons. The van der Waals surface area contributed by atoms with Crippen LogP contribution in [0.15, 0.2) is 41.4 Å². The highest BCUT2D eigenvalue weighted by molar-refractivity contribution is 7.89. The number of carbonyl (C=O) groups is 1. The smallest absolute Gasteiger partial charge is 0.257 e. The maximum atomic E-state index is 12.9. The number of amides is 1. The van der Waals surface area contributed by atoms with E-state index in [9.17, 15) is 13.2 Å². The van der Waals surface area contributed by atoms with Gasteiger partial charge in [0, 0.05) is 30.7 Å². The number of rotatable bonds is 4. The maximum Gasteiger partial charge on any atom is 0.257 e. The molecule has 0 unspecified atom stereocenters. The monoisotopic (exact) mass is 375 g/mol. The van der Waals surface area contributed by atoms with Gasteiger partial charge in [0.1, 0.15) is 0 Å². The summed E-state index contributed by atoms with van der Waals surface area (Å²) in [5, 5.41) is 2.73. The normalized spacial score (nSPS) is 15.6. The molecule has 0 aliphatic carbocycles. The van der Waals surface area contributed by atoms with Crippen LogP contribution in [0.1, 0.15) is 21.6 Å². The molecule has 0 atom stereocenters. The van der Waals surface area contributed by atoms with E-state index in [0.29, 0.717) is 43.1 Å². The van der Waals surface area contributed by atoms with Crippen LogP contribution in [0.25, 0.3) is 0 Å². The fourth-order valence-corrected chi connectivity index (χ4v) is 4.35. The Morgan fingerprint density at radius 2 is 1.88 bits per heavy atom. The molecule has 0 saturated carbocycles. The summed E-state index contributed by atoms with van der Waals surface area (Å²) >= 11 is 0. The van der Waals surface area contributed by atoms with Crippen molar-refractivity contribution >= 4 is 21.6 Å². The van der Waals surface area contributed by atoms with Gasteiger partial charge in [-0.3, -0.25) is 9.78 Å². The molecule has 2 aromatic rings. The van der Waals surface area contributed by atoms with E-state index in [4.69, 9.17) is 4.74 Å². The zero-order valence-electron chi connectivity index (χ0n) is 14.7. The highest BCUT2D eigenvalue weighted by Crippen LogP contribution is 2.24. The molecular weight excluding hydrogens is 354 g/mol. The summed E-state index contributed by atoms with van der Waals surface area (Å²) in [4.78, 5) is 16.6. The van der Waals surface area contributed by atoms with Crippen molar-refractivity contribution in [1.29, 1.82) is 0 Å². The first-order valence-electron chi connectivity index (χ1n) is 8.30. The summed E-state index contributed by atoms with van der Waals surface area (Å²) in [6.07, 6.45) is 1.49. The predicted octanol–water partition coefficient (Wildman–Crippen LogP) is 1.97. The number of anilines is 1. The summed E-state index contributed by atoms with van der Waals surface area (Å²) in [5.74, 6) is -0.337. The van der Waals surface area contributed by atoms with Crippen molar-refractivity contribution in [3.05, 3.63) is 53.3 Å². The van der Waals surface area contributed by atoms with E-state index in [1.54, 1.807) is 31.2 Å². The molecule has 1 amide bonds. The second-order valence-corrected chi connectivity index (χ2v) is 8.05. The number of hydrogen-bond acceptors (Lipinski definition) is 5. The lowest BCUT2D eigenvalue weighted by Gasteiger charge is -2.26. The van der Waals surface area contributed by atoms with E-state index < -0.39 is 10.0 Å². The van der Waals surface area contributed by atoms with E-state index in [0.717, 1.165) is 5.69 Å². The highest BCUT2D eigenvalue weighted by atomic mass is 32.2. The number of benzene rings is 1. The van der Waals surface area contributed by atoms with Crippen LogP contribution < -0.4 is 5.32 Å². The molecule has 7 nitrogen and oxygen atoms in total. The number of morpholine rings is 1. The summed E-state index contributed by atoms with van der Waals surface area (Å²) < 4.78 is 32.4. The second kappa shape index (κ2) is 7.53. The van der Waals surface area contributed by atoms with E-state index in [1.807, 2.05) is 6.92 Å². The number of hydrogen-bond donors (Lipinski definition) is 1. The van der Waals surface area contributed by atoms with Gasteiger partial charge in [0.15, 0.2) is 0 Å². The molecule has 1 aromatic heterocycles. The van der Waals surface area contributed by atoms with Gasteiger partial charge in [-0.2, -0.15) is 4.31 Å². The quantitative estimate of drug-likeness (QED) is 0.883. The molecule has 8 heteroatoms. The zero-order chi connectivity index (χ0) is 18.7. The standard InChI is InChI=1S/C18H21N3O4S/c1-13-3-6-16(20-18(22)15-5-4-14(2)19-12-15)11-17(13)26(23,24)21-7-9-25-10-8-21/h3-6,11-12H,7-10H2,1-2H3,(H,20,22). The van der Waals surface area contributed by atoms with Gasteiger partial charge in [0.2, 0.25) is 10.0 Å². The van der Waals surface area contributed by atoms with Gasteiger partial charge < -0.3 is 10.1 Å². The molecule has 1 saturated heterocycles.